The van der Waals surface area contributed by atoms with Crippen molar-refractivity contribution in [3.63, 3.8) is 0 Å². The second-order valence-electron chi connectivity index (χ2n) is 4.77. The molecule has 0 heterocycles. The fraction of sp³-hybridized carbons (Fsp3) is 1.00. The summed E-state index contributed by atoms with van der Waals surface area (Å²) >= 11 is 0. The smallest absolute Gasteiger partial charge is 0.0594 e. The third kappa shape index (κ3) is 6.16. The zero-order chi connectivity index (χ0) is 10.9. The Morgan fingerprint density at radius 3 is 2.73 bits per heavy atom. The molecule has 1 fully saturated rings. The van der Waals surface area contributed by atoms with Crippen LogP contribution in [0.4, 0.5) is 0 Å². The van der Waals surface area contributed by atoms with Crippen molar-refractivity contribution < 1.29 is 4.74 Å². The Hall–Kier alpha value is -0.0800. The molecule has 2 heteroatoms. The molecule has 1 unspecified atom stereocenters. The average molecular weight is 213 g/mol. The summed E-state index contributed by atoms with van der Waals surface area (Å²) < 4.78 is 5.69. The van der Waals surface area contributed by atoms with E-state index in [4.69, 9.17) is 4.74 Å². The van der Waals surface area contributed by atoms with E-state index in [1.54, 1.807) is 0 Å². The Bertz CT molecular complexity index is 145. The van der Waals surface area contributed by atoms with Crippen LogP contribution in [0.25, 0.3) is 0 Å². The van der Waals surface area contributed by atoms with Crippen LogP contribution in [0.15, 0.2) is 0 Å². The minimum Gasteiger partial charge on any atom is -0.377 e. The first-order valence-electron chi connectivity index (χ1n) is 6.68. The Morgan fingerprint density at radius 1 is 1.33 bits per heavy atom. The van der Waals surface area contributed by atoms with Crippen molar-refractivity contribution >= 4 is 0 Å². The Morgan fingerprint density at radius 2 is 2.13 bits per heavy atom. The van der Waals surface area contributed by atoms with Gasteiger partial charge in [0.15, 0.2) is 0 Å². The zero-order valence-electron chi connectivity index (χ0n) is 10.4. The molecule has 2 nitrogen and oxygen atoms in total. The number of unbranched alkanes of at least 4 members (excludes halogenated alkanes) is 2. The van der Waals surface area contributed by atoms with Gasteiger partial charge in [0.25, 0.3) is 0 Å². The van der Waals surface area contributed by atoms with Gasteiger partial charge in [-0.2, -0.15) is 0 Å². The maximum atomic E-state index is 5.69. The van der Waals surface area contributed by atoms with E-state index < -0.39 is 0 Å². The summed E-state index contributed by atoms with van der Waals surface area (Å²) in [7, 11) is 0. The molecule has 1 aliphatic rings. The molecule has 0 aromatic heterocycles. The minimum absolute atomic E-state index is 0.585. The molecule has 0 spiro atoms. The van der Waals surface area contributed by atoms with Crippen molar-refractivity contribution in [3.05, 3.63) is 0 Å². The minimum atomic E-state index is 0.585. The van der Waals surface area contributed by atoms with E-state index in [0.717, 1.165) is 13.2 Å². The maximum Gasteiger partial charge on any atom is 0.0594 e. The Kier molecular flexibility index (Phi) is 7.03. The summed E-state index contributed by atoms with van der Waals surface area (Å²) in [5, 5.41) is 3.52. The molecule has 0 aliphatic heterocycles. The number of hydrogen-bond acceptors (Lipinski definition) is 2. The van der Waals surface area contributed by atoms with Crippen molar-refractivity contribution in [3.8, 4) is 0 Å². The van der Waals surface area contributed by atoms with Gasteiger partial charge in [-0.05, 0) is 32.6 Å². The average Bonchev–Trinajstić information content (AvgIpc) is 2.15. The number of rotatable bonds is 9. The van der Waals surface area contributed by atoms with E-state index in [1.165, 1.54) is 44.9 Å². The highest BCUT2D eigenvalue weighted by atomic mass is 16.5. The molecule has 0 saturated heterocycles. The summed E-state index contributed by atoms with van der Waals surface area (Å²) in [6.45, 7) is 6.44. The molecule has 0 amide bonds. The van der Waals surface area contributed by atoms with Crippen molar-refractivity contribution in [2.45, 2.75) is 70.9 Å². The van der Waals surface area contributed by atoms with E-state index in [-0.39, 0.29) is 0 Å². The van der Waals surface area contributed by atoms with Gasteiger partial charge in [-0.15, -0.1) is 0 Å². The Labute approximate surface area is 94.8 Å². The second-order valence-corrected chi connectivity index (χ2v) is 4.77. The van der Waals surface area contributed by atoms with E-state index in [9.17, 15) is 0 Å². The van der Waals surface area contributed by atoms with E-state index >= 15 is 0 Å². The molecular formula is C13H27NO. The standard InChI is InChI=1S/C13H27NO/c1-3-4-5-7-12(2)14-10-11-15-13-8-6-9-13/h12-14H,3-11H2,1-2H3. The van der Waals surface area contributed by atoms with Gasteiger partial charge in [-0.3, -0.25) is 0 Å². The molecule has 90 valence electrons. The van der Waals surface area contributed by atoms with Crippen LogP contribution in [0.2, 0.25) is 0 Å². The summed E-state index contributed by atoms with van der Waals surface area (Å²) in [6.07, 6.45) is 9.86. The molecule has 1 saturated carbocycles. The van der Waals surface area contributed by atoms with Gasteiger partial charge in [0.2, 0.25) is 0 Å². The van der Waals surface area contributed by atoms with Gasteiger partial charge in [0.05, 0.1) is 12.7 Å². The molecule has 0 radical (unpaired) electrons. The molecule has 0 bridgehead atoms. The number of ether oxygens (including phenoxy) is 1. The summed E-state index contributed by atoms with van der Waals surface area (Å²) in [5.74, 6) is 0. The van der Waals surface area contributed by atoms with Crippen LogP contribution in [-0.2, 0) is 4.74 Å². The summed E-state index contributed by atoms with van der Waals surface area (Å²) in [4.78, 5) is 0. The fourth-order valence-corrected chi connectivity index (χ4v) is 1.87. The van der Waals surface area contributed by atoms with Crippen molar-refractivity contribution in [2.24, 2.45) is 0 Å². The molecule has 1 atom stereocenters. The lowest BCUT2D eigenvalue weighted by Gasteiger charge is -2.25. The second kappa shape index (κ2) is 8.12. The normalized spacial score (nSPS) is 18.8. The van der Waals surface area contributed by atoms with Crippen LogP contribution >= 0.6 is 0 Å². The largest absolute Gasteiger partial charge is 0.377 e. The lowest BCUT2D eigenvalue weighted by atomic mass is 9.96. The third-order valence-corrected chi connectivity index (χ3v) is 3.24. The maximum absolute atomic E-state index is 5.69. The molecule has 15 heavy (non-hydrogen) atoms. The fourth-order valence-electron chi connectivity index (χ4n) is 1.87. The van der Waals surface area contributed by atoms with Crippen molar-refractivity contribution in [1.82, 2.24) is 5.32 Å². The molecule has 1 aliphatic carbocycles. The quantitative estimate of drug-likeness (QED) is 0.594. The molecule has 0 aromatic rings. The highest BCUT2D eigenvalue weighted by Crippen LogP contribution is 2.21. The lowest BCUT2D eigenvalue weighted by Crippen LogP contribution is -2.32. The van der Waals surface area contributed by atoms with Gasteiger partial charge in [0.1, 0.15) is 0 Å². The van der Waals surface area contributed by atoms with Crippen LogP contribution in [0.5, 0.6) is 0 Å². The molecule has 1 N–H and O–H groups in total. The van der Waals surface area contributed by atoms with Crippen LogP contribution < -0.4 is 5.32 Å². The van der Waals surface area contributed by atoms with Crippen LogP contribution in [0.3, 0.4) is 0 Å². The highest BCUT2D eigenvalue weighted by molar-refractivity contribution is 4.69. The topological polar surface area (TPSA) is 21.3 Å². The summed E-state index contributed by atoms with van der Waals surface area (Å²) in [5.41, 5.74) is 0. The first kappa shape index (κ1) is 13.0. The lowest BCUT2D eigenvalue weighted by molar-refractivity contribution is 0.00357. The van der Waals surface area contributed by atoms with Gasteiger partial charge >= 0.3 is 0 Å². The monoisotopic (exact) mass is 213 g/mol. The van der Waals surface area contributed by atoms with Crippen LogP contribution in [-0.4, -0.2) is 25.3 Å². The van der Waals surface area contributed by atoms with Gasteiger partial charge in [-0.1, -0.05) is 26.2 Å². The third-order valence-electron chi connectivity index (χ3n) is 3.24. The van der Waals surface area contributed by atoms with Gasteiger partial charge < -0.3 is 10.1 Å². The van der Waals surface area contributed by atoms with Crippen LogP contribution in [0.1, 0.15) is 58.8 Å². The first-order chi connectivity index (χ1) is 7.33. The van der Waals surface area contributed by atoms with Crippen LogP contribution in [0, 0.1) is 0 Å². The van der Waals surface area contributed by atoms with Crippen molar-refractivity contribution in [1.29, 1.82) is 0 Å². The molecular weight excluding hydrogens is 186 g/mol. The summed E-state index contributed by atoms with van der Waals surface area (Å²) in [6, 6.07) is 0.654. The van der Waals surface area contributed by atoms with E-state index in [1.807, 2.05) is 0 Å². The molecule has 0 aromatic carbocycles. The molecule has 1 rings (SSSR count). The van der Waals surface area contributed by atoms with Gasteiger partial charge in [-0.25, -0.2) is 0 Å². The zero-order valence-corrected chi connectivity index (χ0v) is 10.4. The predicted octanol–water partition coefficient (Wildman–Crippen LogP) is 3.11. The van der Waals surface area contributed by atoms with E-state index in [0.29, 0.717) is 12.1 Å². The SMILES string of the molecule is CCCCCC(C)NCCOC1CCC1. The highest BCUT2D eigenvalue weighted by Gasteiger charge is 2.17. The van der Waals surface area contributed by atoms with Crippen molar-refractivity contribution in [2.75, 3.05) is 13.2 Å². The number of hydrogen-bond donors (Lipinski definition) is 1. The number of nitrogens with one attached hydrogen (secondary N) is 1. The predicted molar refractivity (Wildman–Crippen MR) is 65.2 cm³/mol. The Balaban J connectivity index is 1.81. The first-order valence-corrected chi connectivity index (χ1v) is 6.68. The van der Waals surface area contributed by atoms with Gasteiger partial charge in [0, 0.05) is 12.6 Å². The van der Waals surface area contributed by atoms with E-state index in [2.05, 4.69) is 19.2 Å².